The second-order valence-corrected chi connectivity index (χ2v) is 8.31. The van der Waals surface area contributed by atoms with Crippen molar-refractivity contribution in [3.05, 3.63) is 35.9 Å². The Morgan fingerprint density at radius 3 is 2.54 bits per heavy atom. The minimum absolute atomic E-state index is 0.112. The average molecular weight is 385 g/mol. The topological polar surface area (TPSA) is 82.9 Å². The van der Waals surface area contributed by atoms with Gasteiger partial charge in [0, 0.05) is 6.54 Å². The molecule has 2 bridgehead atoms. The molecule has 0 aromatic heterocycles. The SMILES string of the molecule is CC(C)(C)OC(=O)N1[C@@H]2CC[C@H]1C(CC#N)N(C(=O)OCc1ccccc1)C2. The highest BCUT2D eigenvalue weighted by atomic mass is 16.6. The summed E-state index contributed by atoms with van der Waals surface area (Å²) in [4.78, 5) is 28.8. The van der Waals surface area contributed by atoms with Gasteiger partial charge in [-0.3, -0.25) is 4.90 Å². The van der Waals surface area contributed by atoms with Crippen molar-refractivity contribution in [2.24, 2.45) is 0 Å². The Morgan fingerprint density at radius 1 is 1.18 bits per heavy atom. The number of nitrogens with zero attached hydrogens (tertiary/aromatic N) is 3. The van der Waals surface area contributed by atoms with Crippen LogP contribution in [0.25, 0.3) is 0 Å². The molecule has 2 aliphatic rings. The van der Waals surface area contributed by atoms with Gasteiger partial charge in [-0.25, -0.2) is 9.59 Å². The van der Waals surface area contributed by atoms with Crippen molar-refractivity contribution in [3.8, 4) is 6.07 Å². The fourth-order valence-corrected chi connectivity index (χ4v) is 3.99. The second kappa shape index (κ2) is 8.09. The molecule has 0 saturated carbocycles. The molecule has 1 aromatic carbocycles. The second-order valence-electron chi connectivity index (χ2n) is 8.31. The zero-order valence-corrected chi connectivity index (χ0v) is 16.6. The van der Waals surface area contributed by atoms with Crippen LogP contribution in [0.1, 0.15) is 45.6 Å². The molecule has 0 N–H and O–H groups in total. The van der Waals surface area contributed by atoms with Gasteiger partial charge in [0.25, 0.3) is 0 Å². The summed E-state index contributed by atoms with van der Waals surface area (Å²) >= 11 is 0. The van der Waals surface area contributed by atoms with Crippen molar-refractivity contribution in [2.75, 3.05) is 6.54 Å². The van der Waals surface area contributed by atoms with Crippen LogP contribution in [0.2, 0.25) is 0 Å². The van der Waals surface area contributed by atoms with Gasteiger partial charge in [-0.2, -0.15) is 5.26 Å². The van der Waals surface area contributed by atoms with Gasteiger partial charge in [-0.15, -0.1) is 0 Å². The fraction of sp³-hybridized carbons (Fsp3) is 0.571. The molecule has 2 fully saturated rings. The van der Waals surface area contributed by atoms with Crippen molar-refractivity contribution in [2.45, 2.75) is 70.4 Å². The lowest BCUT2D eigenvalue weighted by Gasteiger charge is -2.45. The van der Waals surface area contributed by atoms with Crippen LogP contribution in [-0.2, 0) is 16.1 Å². The number of carbonyl (C=O) groups is 2. The van der Waals surface area contributed by atoms with E-state index in [0.717, 1.165) is 18.4 Å². The van der Waals surface area contributed by atoms with Gasteiger partial charge in [-0.05, 0) is 39.2 Å². The molecule has 7 nitrogen and oxygen atoms in total. The van der Waals surface area contributed by atoms with Gasteiger partial charge in [-0.1, -0.05) is 30.3 Å². The van der Waals surface area contributed by atoms with E-state index in [-0.39, 0.29) is 37.2 Å². The Hall–Kier alpha value is -2.75. The molecule has 2 aliphatic heterocycles. The molecule has 150 valence electrons. The first-order valence-electron chi connectivity index (χ1n) is 9.66. The van der Waals surface area contributed by atoms with Crippen molar-refractivity contribution >= 4 is 12.2 Å². The summed E-state index contributed by atoms with van der Waals surface area (Å²) in [5, 5.41) is 9.30. The molecular weight excluding hydrogens is 358 g/mol. The number of fused-ring (bicyclic) bond motifs is 2. The van der Waals surface area contributed by atoms with Crippen LogP contribution in [0.3, 0.4) is 0 Å². The lowest BCUT2D eigenvalue weighted by Crippen LogP contribution is -2.63. The molecular formula is C21H27N3O4. The Bertz CT molecular complexity index is 753. The number of hydrogen-bond donors (Lipinski definition) is 0. The number of hydrogen-bond acceptors (Lipinski definition) is 5. The number of rotatable bonds is 3. The summed E-state index contributed by atoms with van der Waals surface area (Å²) in [5.74, 6) is 0. The quantitative estimate of drug-likeness (QED) is 0.792. The van der Waals surface area contributed by atoms with Crippen molar-refractivity contribution in [3.63, 3.8) is 0 Å². The number of amides is 2. The molecule has 3 rings (SSSR count). The van der Waals surface area contributed by atoms with E-state index in [0.29, 0.717) is 6.54 Å². The van der Waals surface area contributed by atoms with E-state index >= 15 is 0 Å². The molecule has 2 amide bonds. The highest BCUT2D eigenvalue weighted by Gasteiger charge is 2.51. The van der Waals surface area contributed by atoms with Crippen LogP contribution in [0.15, 0.2) is 30.3 Å². The zero-order valence-electron chi connectivity index (χ0n) is 16.6. The van der Waals surface area contributed by atoms with Crippen LogP contribution in [0.4, 0.5) is 9.59 Å². The maximum absolute atomic E-state index is 12.7. The molecule has 1 unspecified atom stereocenters. The summed E-state index contributed by atoms with van der Waals surface area (Å²) in [5.41, 5.74) is 0.315. The summed E-state index contributed by atoms with van der Waals surface area (Å²) in [6.45, 7) is 6.03. The summed E-state index contributed by atoms with van der Waals surface area (Å²) in [6, 6.07) is 10.9. The first-order valence-corrected chi connectivity index (χ1v) is 9.66. The monoisotopic (exact) mass is 385 g/mol. The van der Waals surface area contributed by atoms with E-state index in [1.807, 2.05) is 51.1 Å². The van der Waals surface area contributed by atoms with Gasteiger partial charge in [0.2, 0.25) is 0 Å². The van der Waals surface area contributed by atoms with Crippen LogP contribution < -0.4 is 0 Å². The van der Waals surface area contributed by atoms with Crippen LogP contribution in [0, 0.1) is 11.3 Å². The number of ether oxygens (including phenoxy) is 2. The van der Waals surface area contributed by atoms with E-state index in [1.165, 1.54) is 0 Å². The van der Waals surface area contributed by atoms with Crippen LogP contribution in [0.5, 0.6) is 0 Å². The predicted octanol–water partition coefficient (Wildman–Crippen LogP) is 3.69. The third kappa shape index (κ3) is 4.38. The predicted molar refractivity (Wildman–Crippen MR) is 102 cm³/mol. The zero-order chi connectivity index (χ0) is 20.3. The third-order valence-corrected chi connectivity index (χ3v) is 5.14. The summed E-state index contributed by atoms with van der Waals surface area (Å²) < 4.78 is 11.0. The lowest BCUT2D eigenvalue weighted by atomic mass is 10.0. The summed E-state index contributed by atoms with van der Waals surface area (Å²) in [7, 11) is 0. The minimum Gasteiger partial charge on any atom is -0.445 e. The van der Waals surface area contributed by atoms with E-state index in [9.17, 15) is 14.9 Å². The summed E-state index contributed by atoms with van der Waals surface area (Å²) in [6.07, 6.45) is 0.870. The molecule has 0 aliphatic carbocycles. The van der Waals surface area contributed by atoms with Gasteiger partial charge in [0.15, 0.2) is 0 Å². The first kappa shape index (κ1) is 20.0. The average Bonchev–Trinajstić information content (AvgIpc) is 2.97. The van der Waals surface area contributed by atoms with Crippen molar-refractivity contribution < 1.29 is 19.1 Å². The standard InChI is InChI=1S/C21H27N3O4/c1-21(2,3)28-20(26)24-16-9-10-18(24)17(11-12-22)23(13-16)19(25)27-14-15-7-5-4-6-8-15/h4-8,16-18H,9-11,13-14H2,1-3H3/t16-,17?,18+/m1/s1. The molecule has 7 heteroatoms. The van der Waals surface area contributed by atoms with E-state index in [1.54, 1.807) is 9.80 Å². The molecule has 28 heavy (non-hydrogen) atoms. The number of carbonyl (C=O) groups excluding carboxylic acids is 2. The van der Waals surface area contributed by atoms with Gasteiger partial charge < -0.3 is 14.4 Å². The van der Waals surface area contributed by atoms with Crippen molar-refractivity contribution in [1.82, 2.24) is 9.80 Å². The van der Waals surface area contributed by atoms with E-state index < -0.39 is 11.7 Å². The molecule has 3 atom stereocenters. The highest BCUT2D eigenvalue weighted by Crippen LogP contribution is 2.37. The lowest BCUT2D eigenvalue weighted by molar-refractivity contribution is -0.0222. The van der Waals surface area contributed by atoms with Crippen LogP contribution in [-0.4, -0.2) is 52.3 Å². The maximum Gasteiger partial charge on any atom is 0.410 e. The molecule has 2 heterocycles. The molecule has 2 saturated heterocycles. The minimum atomic E-state index is -0.590. The fourth-order valence-electron chi connectivity index (χ4n) is 3.99. The Labute approximate surface area is 165 Å². The highest BCUT2D eigenvalue weighted by molar-refractivity contribution is 5.72. The first-order chi connectivity index (χ1) is 13.3. The molecule has 0 radical (unpaired) electrons. The van der Waals surface area contributed by atoms with Gasteiger partial charge in [0.05, 0.1) is 30.6 Å². The van der Waals surface area contributed by atoms with Crippen molar-refractivity contribution in [1.29, 1.82) is 5.26 Å². The van der Waals surface area contributed by atoms with E-state index in [2.05, 4.69) is 6.07 Å². The van der Waals surface area contributed by atoms with Crippen LogP contribution >= 0.6 is 0 Å². The normalized spacial score (nSPS) is 23.9. The Balaban J connectivity index is 1.71. The molecule has 1 aromatic rings. The third-order valence-electron chi connectivity index (χ3n) is 5.14. The Morgan fingerprint density at radius 2 is 1.89 bits per heavy atom. The smallest absolute Gasteiger partial charge is 0.410 e. The maximum atomic E-state index is 12.7. The van der Waals surface area contributed by atoms with Gasteiger partial charge >= 0.3 is 12.2 Å². The molecule has 0 spiro atoms. The Kier molecular flexibility index (Phi) is 5.78. The number of likely N-dealkylation sites (tertiary alicyclic amines) is 1. The van der Waals surface area contributed by atoms with Gasteiger partial charge in [0.1, 0.15) is 12.2 Å². The number of nitriles is 1. The largest absolute Gasteiger partial charge is 0.445 e. The number of benzene rings is 1. The number of piperazine rings is 1. The van der Waals surface area contributed by atoms with E-state index in [4.69, 9.17) is 9.47 Å².